The summed E-state index contributed by atoms with van der Waals surface area (Å²) in [6.07, 6.45) is 2.74. The Balaban J connectivity index is 1.60. The van der Waals surface area contributed by atoms with Crippen LogP contribution in [0.25, 0.3) is 0 Å². The molecule has 2 aromatic carbocycles. The zero-order valence-corrected chi connectivity index (χ0v) is 23.4. The van der Waals surface area contributed by atoms with Crippen LogP contribution < -0.4 is 5.32 Å². The minimum atomic E-state index is -3.64. The van der Waals surface area contributed by atoms with Crippen molar-refractivity contribution in [1.29, 1.82) is 0 Å². The number of hydrogen-bond acceptors (Lipinski definition) is 6. The predicted octanol–water partition coefficient (Wildman–Crippen LogP) is 4.31. The van der Waals surface area contributed by atoms with E-state index in [1.165, 1.54) is 35.3 Å². The number of aromatic nitrogens is 3. The van der Waals surface area contributed by atoms with E-state index in [-0.39, 0.29) is 22.8 Å². The molecule has 0 aliphatic heterocycles. The molecule has 4 rings (SSSR count). The van der Waals surface area contributed by atoms with Crippen LogP contribution in [0, 0.1) is 18.8 Å². The Morgan fingerprint density at radius 2 is 1.76 bits per heavy atom. The number of hydrogen-bond donors (Lipinski definition) is 2. The summed E-state index contributed by atoms with van der Waals surface area (Å²) in [6.45, 7) is 3.39. The van der Waals surface area contributed by atoms with Crippen molar-refractivity contribution in [2.45, 2.75) is 30.4 Å². The van der Waals surface area contributed by atoms with Crippen LogP contribution in [0.1, 0.15) is 51.0 Å². The number of pyridine rings is 1. The summed E-state index contributed by atoms with van der Waals surface area (Å²) >= 11 is 0. The fraction of sp³-hybridized carbons (Fsp3) is 0.167. The van der Waals surface area contributed by atoms with Crippen LogP contribution in [0.15, 0.2) is 88.4 Å². The van der Waals surface area contributed by atoms with Gasteiger partial charge in [0.2, 0.25) is 0 Å². The topological polar surface area (TPSA) is 144 Å². The van der Waals surface area contributed by atoms with Gasteiger partial charge in [-0.3, -0.25) is 24.0 Å². The molecule has 208 valence electrons. The molecular formula is C30H27N5O5S. The number of carbonyl (C=O) groups is 3. The van der Waals surface area contributed by atoms with Gasteiger partial charge in [-0.2, -0.15) is 9.46 Å². The van der Waals surface area contributed by atoms with Crippen molar-refractivity contribution >= 4 is 33.2 Å². The molecule has 0 radical (unpaired) electrons. The molecule has 2 aromatic heterocycles. The highest BCUT2D eigenvalue weighted by atomic mass is 32.2. The molecule has 2 N–H and O–H groups in total. The largest absolute Gasteiger partial charge is 0.480 e. The molecule has 0 bridgehead atoms. The summed E-state index contributed by atoms with van der Waals surface area (Å²) in [4.78, 5) is 41.9. The van der Waals surface area contributed by atoms with E-state index in [9.17, 15) is 23.7 Å². The van der Waals surface area contributed by atoms with Gasteiger partial charge in [0.1, 0.15) is 10.9 Å². The van der Waals surface area contributed by atoms with Gasteiger partial charge in [-0.1, -0.05) is 43.0 Å². The molecule has 0 spiro atoms. The van der Waals surface area contributed by atoms with Crippen molar-refractivity contribution in [3.63, 3.8) is 0 Å². The lowest BCUT2D eigenvalue weighted by Crippen LogP contribution is -2.30. The molecule has 10 nitrogen and oxygen atoms in total. The standard InChI is InChI=1S/C30H27N5O5S/c1-4-27(30(38)39)41(40,25-11-6-5-7-12-25)34-28(36)23-16-22(18-31-19-23)14-13-21-9-8-10-24(17-21)32-29(37)26-15-20(2)33-35(26)3/h5-12,15-19,27H,4H2,1-3H3,(H,32,37)(H,38,39). The third kappa shape index (κ3) is 6.74. The monoisotopic (exact) mass is 569 g/mol. The highest BCUT2D eigenvalue weighted by molar-refractivity contribution is 7.95. The molecule has 0 fully saturated rings. The van der Waals surface area contributed by atoms with E-state index in [0.717, 1.165) is 5.69 Å². The lowest BCUT2D eigenvalue weighted by molar-refractivity contribution is -0.136. The highest BCUT2D eigenvalue weighted by Gasteiger charge is 2.32. The molecule has 2 atom stereocenters. The summed E-state index contributed by atoms with van der Waals surface area (Å²) < 4.78 is 19.4. The number of carboxylic acids is 1. The Labute approximate surface area is 237 Å². The van der Waals surface area contributed by atoms with Crippen LogP contribution in [0.4, 0.5) is 5.69 Å². The lowest BCUT2D eigenvalue weighted by atomic mass is 10.1. The van der Waals surface area contributed by atoms with Crippen molar-refractivity contribution in [2.75, 3.05) is 5.32 Å². The Kier molecular flexibility index (Phi) is 8.75. The van der Waals surface area contributed by atoms with Crippen molar-refractivity contribution < 1.29 is 23.7 Å². The van der Waals surface area contributed by atoms with Gasteiger partial charge < -0.3 is 10.4 Å². The molecule has 0 aliphatic rings. The first-order valence-electron chi connectivity index (χ1n) is 12.6. The Morgan fingerprint density at radius 3 is 2.41 bits per heavy atom. The third-order valence-corrected chi connectivity index (χ3v) is 8.71. The van der Waals surface area contributed by atoms with Crippen LogP contribution in [0.3, 0.4) is 0 Å². The number of rotatable bonds is 7. The van der Waals surface area contributed by atoms with E-state index in [0.29, 0.717) is 22.5 Å². The van der Waals surface area contributed by atoms with Crippen LogP contribution in [-0.2, 0) is 21.6 Å². The van der Waals surface area contributed by atoms with Gasteiger partial charge in [0.05, 0.1) is 21.0 Å². The fourth-order valence-electron chi connectivity index (χ4n) is 4.07. The number of aliphatic carboxylic acids is 1. The second kappa shape index (κ2) is 12.4. The minimum Gasteiger partial charge on any atom is -0.480 e. The smallest absolute Gasteiger partial charge is 0.320 e. The maximum absolute atomic E-state index is 13.9. The van der Waals surface area contributed by atoms with Crippen molar-refractivity contribution in [3.8, 4) is 11.8 Å². The predicted molar refractivity (Wildman–Crippen MR) is 154 cm³/mol. The Bertz CT molecular complexity index is 1810. The van der Waals surface area contributed by atoms with Crippen LogP contribution in [-0.4, -0.2) is 47.1 Å². The first-order chi connectivity index (χ1) is 19.6. The van der Waals surface area contributed by atoms with E-state index < -0.39 is 26.9 Å². The molecule has 2 heterocycles. The molecule has 2 amide bonds. The first kappa shape index (κ1) is 28.9. The van der Waals surface area contributed by atoms with Crippen LogP contribution in [0.5, 0.6) is 0 Å². The molecule has 0 saturated heterocycles. The average Bonchev–Trinajstić information content (AvgIpc) is 3.30. The maximum Gasteiger partial charge on any atom is 0.320 e. The summed E-state index contributed by atoms with van der Waals surface area (Å²) in [5, 5.41) is 15.3. The van der Waals surface area contributed by atoms with Gasteiger partial charge in [-0.15, -0.1) is 0 Å². The number of aryl methyl sites for hydroxylation is 2. The van der Waals surface area contributed by atoms with Crippen LogP contribution >= 0.6 is 0 Å². The van der Waals surface area contributed by atoms with E-state index in [2.05, 4.69) is 31.6 Å². The quantitative estimate of drug-likeness (QED) is 0.316. The average molecular weight is 570 g/mol. The van der Waals surface area contributed by atoms with E-state index in [4.69, 9.17) is 0 Å². The molecule has 41 heavy (non-hydrogen) atoms. The number of benzene rings is 2. The van der Waals surface area contributed by atoms with Crippen LogP contribution in [0.2, 0.25) is 0 Å². The SMILES string of the molecule is CCC(C(=O)O)S(=O)(=NC(=O)c1cncc(C#Cc2cccc(NC(=O)c3cc(C)nn3C)c2)c1)c1ccccc1. The number of nitrogens with zero attached hydrogens (tertiary/aromatic N) is 4. The number of anilines is 1. The number of carbonyl (C=O) groups excluding carboxylic acids is 2. The molecule has 2 unspecified atom stereocenters. The number of amides is 2. The maximum atomic E-state index is 13.9. The minimum absolute atomic E-state index is 0.0187. The van der Waals surface area contributed by atoms with Gasteiger partial charge in [0.15, 0.2) is 0 Å². The molecule has 0 saturated carbocycles. The Hall–Kier alpha value is -5.08. The van der Waals surface area contributed by atoms with Gasteiger partial charge in [-0.05, 0) is 55.8 Å². The molecular weight excluding hydrogens is 542 g/mol. The van der Waals surface area contributed by atoms with Crippen molar-refractivity contribution in [1.82, 2.24) is 14.8 Å². The van der Waals surface area contributed by atoms with Crippen molar-refractivity contribution in [3.05, 3.63) is 107 Å². The third-order valence-electron chi connectivity index (χ3n) is 6.02. The van der Waals surface area contributed by atoms with E-state index in [1.54, 1.807) is 69.4 Å². The summed E-state index contributed by atoms with van der Waals surface area (Å²) in [5.74, 6) is 3.44. The fourth-order valence-corrected chi connectivity index (χ4v) is 6.26. The van der Waals surface area contributed by atoms with Gasteiger partial charge in [-0.25, -0.2) is 4.21 Å². The number of carboxylic acid groups (broad SMARTS) is 1. The van der Waals surface area contributed by atoms with Gasteiger partial charge in [0, 0.05) is 41.2 Å². The molecule has 11 heteroatoms. The van der Waals surface area contributed by atoms with E-state index in [1.807, 2.05) is 0 Å². The van der Waals surface area contributed by atoms with E-state index >= 15 is 0 Å². The second-order valence-corrected chi connectivity index (χ2v) is 11.4. The highest BCUT2D eigenvalue weighted by Crippen LogP contribution is 2.23. The van der Waals surface area contributed by atoms with Crippen molar-refractivity contribution in [2.24, 2.45) is 11.4 Å². The summed E-state index contributed by atoms with van der Waals surface area (Å²) in [6, 6.07) is 18.0. The summed E-state index contributed by atoms with van der Waals surface area (Å²) in [7, 11) is -1.94. The first-order valence-corrected chi connectivity index (χ1v) is 14.2. The summed E-state index contributed by atoms with van der Waals surface area (Å²) in [5.41, 5.74) is 2.71. The number of nitrogens with one attached hydrogen (secondary N) is 1. The van der Waals surface area contributed by atoms with Gasteiger partial charge >= 0.3 is 5.97 Å². The lowest BCUT2D eigenvalue weighted by Gasteiger charge is -2.16. The normalized spacial score (nSPS) is 12.8. The Morgan fingerprint density at radius 1 is 1.02 bits per heavy atom. The zero-order chi connectivity index (χ0) is 29.6. The zero-order valence-electron chi connectivity index (χ0n) is 22.6. The molecule has 4 aromatic rings. The molecule has 0 aliphatic carbocycles. The van der Waals surface area contributed by atoms with Gasteiger partial charge in [0.25, 0.3) is 11.8 Å². The second-order valence-electron chi connectivity index (χ2n) is 9.06.